The molecule has 0 saturated carbocycles. The first-order valence-corrected chi connectivity index (χ1v) is 8.42. The highest BCUT2D eigenvalue weighted by Crippen LogP contribution is 2.31. The molecule has 2 aliphatic rings. The van der Waals surface area contributed by atoms with Crippen molar-refractivity contribution < 1.29 is 14.6 Å². The van der Waals surface area contributed by atoms with Gasteiger partial charge in [0.2, 0.25) is 0 Å². The SMILES string of the molecule is CN1CCC2(CC1)CN(C(=O)C(O)c1ccc(Cl)cc1)CCO2. The highest BCUT2D eigenvalue weighted by atomic mass is 35.5. The minimum absolute atomic E-state index is 0.250. The summed E-state index contributed by atoms with van der Waals surface area (Å²) in [5.74, 6) is -0.256. The van der Waals surface area contributed by atoms with Crippen molar-refractivity contribution in [2.75, 3.05) is 39.8 Å². The molecule has 126 valence electrons. The Hall–Kier alpha value is -1.14. The number of morpholine rings is 1. The van der Waals surface area contributed by atoms with Crippen molar-refractivity contribution in [2.45, 2.75) is 24.5 Å². The summed E-state index contributed by atoms with van der Waals surface area (Å²) in [6, 6.07) is 6.75. The zero-order chi connectivity index (χ0) is 16.4. The average molecular weight is 339 g/mol. The van der Waals surface area contributed by atoms with Gasteiger partial charge in [-0.2, -0.15) is 0 Å². The second-order valence-corrected chi connectivity index (χ2v) is 6.99. The Morgan fingerprint density at radius 1 is 1.26 bits per heavy atom. The van der Waals surface area contributed by atoms with Crippen LogP contribution in [0.5, 0.6) is 0 Å². The predicted octanol–water partition coefficient (Wildman–Crippen LogP) is 1.70. The number of ether oxygens (including phenoxy) is 1. The Morgan fingerprint density at radius 3 is 2.57 bits per heavy atom. The zero-order valence-corrected chi connectivity index (χ0v) is 14.1. The molecule has 1 aromatic carbocycles. The van der Waals surface area contributed by atoms with Gasteiger partial charge in [0.15, 0.2) is 6.10 Å². The largest absolute Gasteiger partial charge is 0.378 e. The van der Waals surface area contributed by atoms with Crippen LogP contribution in [0.1, 0.15) is 24.5 Å². The van der Waals surface area contributed by atoms with Gasteiger partial charge >= 0.3 is 0 Å². The number of benzene rings is 1. The predicted molar refractivity (Wildman–Crippen MR) is 88.4 cm³/mol. The van der Waals surface area contributed by atoms with Crippen molar-refractivity contribution in [3.63, 3.8) is 0 Å². The molecule has 1 N–H and O–H groups in total. The molecular weight excluding hydrogens is 316 g/mol. The van der Waals surface area contributed by atoms with E-state index in [0.717, 1.165) is 25.9 Å². The van der Waals surface area contributed by atoms with E-state index in [-0.39, 0.29) is 11.5 Å². The van der Waals surface area contributed by atoms with Gasteiger partial charge in [-0.3, -0.25) is 4.79 Å². The van der Waals surface area contributed by atoms with E-state index in [2.05, 4.69) is 11.9 Å². The van der Waals surface area contributed by atoms with Crippen LogP contribution in [0.25, 0.3) is 0 Å². The van der Waals surface area contributed by atoms with Crippen LogP contribution >= 0.6 is 11.6 Å². The third-order valence-corrected chi connectivity index (χ3v) is 5.13. The van der Waals surface area contributed by atoms with E-state index in [1.165, 1.54) is 0 Å². The van der Waals surface area contributed by atoms with Crippen LogP contribution in [-0.4, -0.2) is 66.2 Å². The number of piperidine rings is 1. The maximum Gasteiger partial charge on any atom is 0.256 e. The lowest BCUT2D eigenvalue weighted by atomic mass is 9.89. The summed E-state index contributed by atoms with van der Waals surface area (Å²) in [5, 5.41) is 11.0. The van der Waals surface area contributed by atoms with E-state index in [0.29, 0.717) is 30.3 Å². The molecule has 2 heterocycles. The van der Waals surface area contributed by atoms with Crippen molar-refractivity contribution >= 4 is 17.5 Å². The van der Waals surface area contributed by atoms with Gasteiger partial charge in [0.1, 0.15) is 0 Å². The number of hydrogen-bond acceptors (Lipinski definition) is 4. The highest BCUT2D eigenvalue weighted by Gasteiger charge is 2.41. The molecule has 0 bridgehead atoms. The van der Waals surface area contributed by atoms with Gasteiger partial charge in [-0.15, -0.1) is 0 Å². The monoisotopic (exact) mass is 338 g/mol. The fourth-order valence-electron chi connectivity index (χ4n) is 3.32. The summed E-state index contributed by atoms with van der Waals surface area (Å²) in [7, 11) is 2.10. The van der Waals surface area contributed by atoms with Gasteiger partial charge in [0.05, 0.1) is 12.2 Å². The van der Waals surface area contributed by atoms with Crippen molar-refractivity contribution in [2.24, 2.45) is 0 Å². The number of carbonyl (C=O) groups is 1. The van der Waals surface area contributed by atoms with Crippen LogP contribution in [-0.2, 0) is 9.53 Å². The third-order valence-electron chi connectivity index (χ3n) is 4.88. The van der Waals surface area contributed by atoms with Gasteiger partial charge in [0.25, 0.3) is 5.91 Å². The molecule has 2 saturated heterocycles. The number of amides is 1. The standard InChI is InChI=1S/C17H23ClN2O3/c1-19-8-6-17(7-9-19)12-20(10-11-23-17)16(22)15(21)13-2-4-14(18)5-3-13/h2-5,15,21H,6-12H2,1H3. The topological polar surface area (TPSA) is 53.0 Å². The Balaban J connectivity index is 1.68. The molecule has 23 heavy (non-hydrogen) atoms. The minimum Gasteiger partial charge on any atom is -0.378 e. The number of aliphatic hydroxyl groups excluding tert-OH is 1. The first-order valence-electron chi connectivity index (χ1n) is 8.04. The maximum atomic E-state index is 12.7. The molecule has 2 aliphatic heterocycles. The van der Waals surface area contributed by atoms with Crippen LogP contribution in [0.4, 0.5) is 0 Å². The lowest BCUT2D eigenvalue weighted by molar-refractivity contribution is -0.165. The van der Waals surface area contributed by atoms with Crippen molar-refractivity contribution in [1.82, 2.24) is 9.80 Å². The van der Waals surface area contributed by atoms with Crippen molar-refractivity contribution in [3.05, 3.63) is 34.9 Å². The van der Waals surface area contributed by atoms with E-state index in [9.17, 15) is 9.90 Å². The summed E-state index contributed by atoms with van der Waals surface area (Å²) in [5.41, 5.74) is 0.323. The second kappa shape index (κ2) is 6.77. The van der Waals surface area contributed by atoms with Gasteiger partial charge in [-0.25, -0.2) is 0 Å². The zero-order valence-electron chi connectivity index (χ0n) is 13.4. The quantitative estimate of drug-likeness (QED) is 0.891. The summed E-state index contributed by atoms with van der Waals surface area (Å²) in [6.07, 6.45) is 0.697. The molecular formula is C17H23ClN2O3. The summed E-state index contributed by atoms with van der Waals surface area (Å²) < 4.78 is 6.02. The second-order valence-electron chi connectivity index (χ2n) is 6.55. The highest BCUT2D eigenvalue weighted by molar-refractivity contribution is 6.30. The maximum absolute atomic E-state index is 12.7. The normalized spacial score (nSPS) is 23.0. The van der Waals surface area contributed by atoms with Crippen molar-refractivity contribution in [1.29, 1.82) is 0 Å². The van der Waals surface area contributed by atoms with Gasteiger partial charge in [-0.1, -0.05) is 23.7 Å². The first-order chi connectivity index (χ1) is 11.0. The number of halogens is 1. The summed E-state index contributed by atoms with van der Waals surface area (Å²) >= 11 is 5.86. The summed E-state index contributed by atoms with van der Waals surface area (Å²) in [4.78, 5) is 16.7. The van der Waals surface area contributed by atoms with Gasteiger partial charge in [0, 0.05) is 31.2 Å². The van der Waals surface area contributed by atoms with Crippen LogP contribution in [0.3, 0.4) is 0 Å². The molecule has 1 aromatic rings. The van der Waals surface area contributed by atoms with Crippen LogP contribution in [0.2, 0.25) is 5.02 Å². The Kier molecular flexibility index (Phi) is 4.92. The lowest BCUT2D eigenvalue weighted by Gasteiger charge is -2.47. The Labute approximate surface area is 141 Å². The number of rotatable bonds is 2. The molecule has 1 spiro atoms. The van der Waals surface area contributed by atoms with E-state index >= 15 is 0 Å². The van der Waals surface area contributed by atoms with Gasteiger partial charge in [-0.05, 0) is 37.6 Å². The Bertz CT molecular complexity index is 555. The summed E-state index contributed by atoms with van der Waals surface area (Å²) in [6.45, 7) is 3.57. The third kappa shape index (κ3) is 3.69. The number of nitrogens with zero attached hydrogens (tertiary/aromatic N) is 2. The van der Waals surface area contributed by atoms with E-state index in [1.54, 1.807) is 29.2 Å². The minimum atomic E-state index is -1.14. The van der Waals surface area contributed by atoms with E-state index in [1.807, 2.05) is 0 Å². The molecule has 1 amide bonds. The molecule has 1 unspecified atom stereocenters. The first kappa shape index (κ1) is 16.7. The molecule has 2 fully saturated rings. The van der Waals surface area contributed by atoms with Gasteiger partial charge < -0.3 is 19.6 Å². The number of hydrogen-bond donors (Lipinski definition) is 1. The number of carbonyl (C=O) groups excluding carboxylic acids is 1. The van der Waals surface area contributed by atoms with Crippen LogP contribution < -0.4 is 0 Å². The molecule has 0 aliphatic carbocycles. The van der Waals surface area contributed by atoms with Crippen molar-refractivity contribution in [3.8, 4) is 0 Å². The smallest absolute Gasteiger partial charge is 0.256 e. The van der Waals surface area contributed by atoms with E-state index in [4.69, 9.17) is 16.3 Å². The van der Waals surface area contributed by atoms with Crippen LogP contribution in [0.15, 0.2) is 24.3 Å². The van der Waals surface area contributed by atoms with Crippen LogP contribution in [0, 0.1) is 0 Å². The van der Waals surface area contributed by atoms with E-state index < -0.39 is 6.10 Å². The molecule has 1 atom stereocenters. The molecule has 3 rings (SSSR count). The molecule has 0 aromatic heterocycles. The molecule has 5 nitrogen and oxygen atoms in total. The fraction of sp³-hybridized carbons (Fsp3) is 0.588. The fourth-order valence-corrected chi connectivity index (χ4v) is 3.45. The number of likely N-dealkylation sites (tertiary alicyclic amines) is 1. The molecule has 6 heteroatoms. The molecule has 0 radical (unpaired) electrons. The average Bonchev–Trinajstić information content (AvgIpc) is 2.57. The Morgan fingerprint density at radius 2 is 1.91 bits per heavy atom. The number of aliphatic hydroxyl groups is 1. The lowest BCUT2D eigenvalue weighted by Crippen LogP contribution is -2.58.